The third-order valence-corrected chi connectivity index (χ3v) is 4.53. The molecule has 1 aromatic heterocycles. The number of aliphatic imine (C=N–C) groups is 1. The van der Waals surface area contributed by atoms with Crippen LogP contribution in [0.2, 0.25) is 0 Å². The summed E-state index contributed by atoms with van der Waals surface area (Å²) in [4.78, 5) is 19.8. The molecule has 2 aromatic rings. The minimum absolute atomic E-state index is 0.0283. The van der Waals surface area contributed by atoms with Crippen molar-refractivity contribution < 1.29 is 13.2 Å². The van der Waals surface area contributed by atoms with Gasteiger partial charge >= 0.3 is 6.18 Å². The molecule has 1 unspecified atom stereocenters. The Morgan fingerprint density at radius 1 is 1.17 bits per heavy atom. The predicted molar refractivity (Wildman–Crippen MR) is 108 cm³/mol. The molecule has 1 fully saturated rings. The highest BCUT2D eigenvalue weighted by atomic mass is 19.4. The number of hydrogen-bond acceptors (Lipinski definition) is 6. The van der Waals surface area contributed by atoms with Gasteiger partial charge in [-0.2, -0.15) is 13.2 Å². The summed E-state index contributed by atoms with van der Waals surface area (Å²) in [5.41, 5.74) is 11.8. The Hall–Kier alpha value is -3.36. The van der Waals surface area contributed by atoms with E-state index in [0.717, 1.165) is 0 Å². The Morgan fingerprint density at radius 3 is 2.30 bits per heavy atom. The number of benzene rings is 1. The molecule has 0 bridgehead atoms. The lowest BCUT2D eigenvalue weighted by Gasteiger charge is -2.36. The van der Waals surface area contributed by atoms with E-state index in [0.29, 0.717) is 31.9 Å². The van der Waals surface area contributed by atoms with Crippen LogP contribution in [-0.2, 0) is 0 Å². The van der Waals surface area contributed by atoms with Crippen LogP contribution in [0.4, 0.5) is 24.5 Å². The fourth-order valence-corrected chi connectivity index (χ4v) is 3.23. The van der Waals surface area contributed by atoms with Crippen molar-refractivity contribution in [3.8, 4) is 6.57 Å². The highest BCUT2D eigenvalue weighted by Crippen LogP contribution is 2.38. The number of nitrogens with zero attached hydrogens (tertiary/aromatic N) is 3. The van der Waals surface area contributed by atoms with Gasteiger partial charge in [-0.05, 0) is 23.8 Å². The molecule has 0 radical (unpaired) electrons. The summed E-state index contributed by atoms with van der Waals surface area (Å²) in [5.74, 6) is -0.110. The van der Waals surface area contributed by atoms with Crippen molar-refractivity contribution in [1.82, 2.24) is 15.2 Å². The predicted octanol–water partition coefficient (Wildman–Crippen LogP) is 1.64. The normalized spacial score (nSPS) is 16.4. The molecule has 160 valence electrons. The molecule has 6 N–H and O–H groups in total. The lowest BCUT2D eigenvalue weighted by molar-refractivity contribution is -0.187. The number of amidine groups is 1. The Labute approximate surface area is 171 Å². The molecule has 1 aliphatic heterocycles. The van der Waals surface area contributed by atoms with E-state index in [1.807, 2.05) is 0 Å². The van der Waals surface area contributed by atoms with Crippen molar-refractivity contribution in [2.45, 2.75) is 12.2 Å². The van der Waals surface area contributed by atoms with Gasteiger partial charge < -0.3 is 21.8 Å². The second kappa shape index (κ2) is 9.91. The number of H-pyrrole nitrogens is 1. The number of hydrogen-bond donors (Lipinski definition) is 4. The SMILES string of the molecule is C#N.NC(=Nc1ccc(C(N2CCNCC2)C(F)(F)F)cc1)c1c(N)cc[nH]c1=O. The van der Waals surface area contributed by atoms with Crippen LogP contribution in [0.5, 0.6) is 0 Å². The largest absolute Gasteiger partial charge is 0.408 e. The zero-order chi connectivity index (χ0) is 22.3. The quantitative estimate of drug-likeness (QED) is 0.438. The molecule has 2 heterocycles. The molecule has 0 spiro atoms. The van der Waals surface area contributed by atoms with Crippen LogP contribution in [0.3, 0.4) is 0 Å². The number of piperazine rings is 1. The lowest BCUT2D eigenvalue weighted by Crippen LogP contribution is -2.49. The number of pyridine rings is 1. The van der Waals surface area contributed by atoms with Crippen molar-refractivity contribution >= 4 is 17.2 Å². The van der Waals surface area contributed by atoms with Gasteiger partial charge in [-0.1, -0.05) is 12.1 Å². The van der Waals surface area contributed by atoms with E-state index >= 15 is 0 Å². The summed E-state index contributed by atoms with van der Waals surface area (Å²) >= 11 is 0. The van der Waals surface area contributed by atoms with E-state index < -0.39 is 17.8 Å². The molecular formula is C19H22F3N7O. The first-order valence-corrected chi connectivity index (χ1v) is 8.96. The number of nitrogens with two attached hydrogens (primary N) is 2. The molecule has 30 heavy (non-hydrogen) atoms. The highest BCUT2D eigenvalue weighted by molar-refractivity contribution is 6.02. The summed E-state index contributed by atoms with van der Waals surface area (Å²) in [7, 11) is 0. The maximum atomic E-state index is 13.6. The molecule has 1 saturated heterocycles. The minimum atomic E-state index is -4.40. The first-order valence-electron chi connectivity index (χ1n) is 8.96. The van der Waals surface area contributed by atoms with Crippen LogP contribution < -0.4 is 22.3 Å². The summed E-state index contributed by atoms with van der Waals surface area (Å²) in [5, 5.41) is 9.55. The highest BCUT2D eigenvalue weighted by Gasteiger charge is 2.44. The topological polar surface area (TPSA) is 136 Å². The fourth-order valence-electron chi connectivity index (χ4n) is 3.23. The van der Waals surface area contributed by atoms with Gasteiger partial charge in [0.1, 0.15) is 17.4 Å². The number of halogens is 3. The summed E-state index contributed by atoms with van der Waals surface area (Å²) in [6.07, 6.45) is -3.01. The molecule has 1 atom stereocenters. The van der Waals surface area contributed by atoms with Crippen LogP contribution in [-0.4, -0.2) is 48.1 Å². The van der Waals surface area contributed by atoms with Gasteiger partial charge in [0.2, 0.25) is 0 Å². The summed E-state index contributed by atoms with van der Waals surface area (Å²) < 4.78 is 40.9. The van der Waals surface area contributed by atoms with Crippen LogP contribution in [0.25, 0.3) is 0 Å². The van der Waals surface area contributed by atoms with Gasteiger partial charge in [0.05, 0.1) is 5.69 Å². The molecule has 11 heteroatoms. The number of rotatable bonds is 4. The van der Waals surface area contributed by atoms with Crippen molar-refractivity contribution in [3.63, 3.8) is 0 Å². The second-order valence-electron chi connectivity index (χ2n) is 6.46. The van der Waals surface area contributed by atoms with Gasteiger partial charge in [-0.25, -0.2) is 10.3 Å². The maximum absolute atomic E-state index is 13.6. The maximum Gasteiger partial charge on any atom is 0.408 e. The van der Waals surface area contributed by atoms with E-state index in [2.05, 4.69) is 21.9 Å². The van der Waals surface area contributed by atoms with E-state index in [-0.39, 0.29) is 22.6 Å². The molecule has 0 amide bonds. The molecule has 0 aliphatic carbocycles. The zero-order valence-electron chi connectivity index (χ0n) is 16.0. The number of nitrogens with one attached hydrogen (secondary N) is 2. The molecule has 1 aliphatic rings. The van der Waals surface area contributed by atoms with Gasteiger partial charge in [0.15, 0.2) is 0 Å². The molecule has 1 aromatic carbocycles. The van der Waals surface area contributed by atoms with E-state index in [1.165, 1.54) is 41.4 Å². The van der Waals surface area contributed by atoms with Gasteiger partial charge in [0.25, 0.3) is 5.56 Å². The Balaban J connectivity index is 0.00000155. The number of nitrogen functional groups attached to an aromatic ring is 1. The first kappa shape index (κ1) is 22.9. The van der Waals surface area contributed by atoms with Gasteiger partial charge in [-0.15, -0.1) is 0 Å². The number of anilines is 1. The standard InChI is InChI=1S/C18H21F3N6O.CHN/c19-18(20,21)15(27-9-7-24-8-10-27)11-1-3-12(4-2-11)26-16(23)14-13(22)5-6-25-17(14)28;1-2/h1-6,15,24H,7-10H2,(H2,23,26)(H3,22,25,28);1H. The summed E-state index contributed by atoms with van der Waals surface area (Å²) in [6, 6.07) is 5.43. The Bertz CT molecular complexity index is 945. The average molecular weight is 421 g/mol. The Kier molecular flexibility index (Phi) is 7.57. The lowest BCUT2D eigenvalue weighted by atomic mass is 10.0. The first-order chi connectivity index (χ1) is 14.3. The average Bonchev–Trinajstić information content (AvgIpc) is 2.71. The number of aromatic amines is 1. The van der Waals surface area contributed by atoms with E-state index in [4.69, 9.17) is 16.7 Å². The van der Waals surface area contributed by atoms with Crippen molar-refractivity contribution in [2.75, 3.05) is 31.9 Å². The van der Waals surface area contributed by atoms with Crippen LogP contribution in [0.1, 0.15) is 17.2 Å². The van der Waals surface area contributed by atoms with Crippen LogP contribution >= 0.6 is 0 Å². The van der Waals surface area contributed by atoms with Crippen molar-refractivity contribution in [1.29, 1.82) is 5.26 Å². The van der Waals surface area contributed by atoms with Crippen LogP contribution in [0.15, 0.2) is 46.3 Å². The number of nitriles is 1. The smallest absolute Gasteiger partial charge is 0.398 e. The number of aromatic nitrogens is 1. The third kappa shape index (κ3) is 5.37. The number of alkyl halides is 3. The molecular weight excluding hydrogens is 399 g/mol. The van der Waals surface area contributed by atoms with E-state index in [9.17, 15) is 18.0 Å². The molecule has 8 nitrogen and oxygen atoms in total. The minimum Gasteiger partial charge on any atom is -0.398 e. The van der Waals surface area contributed by atoms with Crippen molar-refractivity contribution in [2.24, 2.45) is 10.7 Å². The van der Waals surface area contributed by atoms with Gasteiger partial charge in [-0.3, -0.25) is 9.69 Å². The fraction of sp³-hybridized carbons (Fsp3) is 0.316. The Morgan fingerprint density at radius 2 is 1.77 bits per heavy atom. The zero-order valence-corrected chi connectivity index (χ0v) is 16.0. The summed E-state index contributed by atoms with van der Waals surface area (Å²) in [6.45, 7) is 5.15. The third-order valence-electron chi connectivity index (χ3n) is 4.53. The van der Waals surface area contributed by atoms with Crippen molar-refractivity contribution in [3.05, 3.63) is 58.0 Å². The van der Waals surface area contributed by atoms with E-state index in [1.54, 1.807) is 0 Å². The van der Waals surface area contributed by atoms with Crippen LogP contribution in [0, 0.1) is 11.8 Å². The van der Waals surface area contributed by atoms with Gasteiger partial charge in [0, 0.05) is 44.6 Å². The molecule has 3 rings (SSSR count). The monoisotopic (exact) mass is 421 g/mol. The molecule has 0 saturated carbocycles. The second-order valence-corrected chi connectivity index (χ2v) is 6.46.